The van der Waals surface area contributed by atoms with E-state index in [1.54, 1.807) is 0 Å². The second kappa shape index (κ2) is 4.14. The monoisotopic (exact) mass is 189 g/mol. The lowest BCUT2D eigenvalue weighted by atomic mass is 9.87. The number of rotatable bonds is 2. The van der Waals surface area contributed by atoms with Crippen LogP contribution >= 0.6 is 0 Å². The molecular formula is C13H19N. The van der Waals surface area contributed by atoms with Crippen molar-refractivity contribution in [2.24, 2.45) is 5.73 Å². The summed E-state index contributed by atoms with van der Waals surface area (Å²) in [6.07, 6.45) is 5.82. The van der Waals surface area contributed by atoms with Crippen molar-refractivity contribution in [3.63, 3.8) is 0 Å². The normalized spacial score (nSPS) is 20.6. The molecule has 0 radical (unpaired) electrons. The highest BCUT2D eigenvalue weighted by atomic mass is 14.6. The van der Waals surface area contributed by atoms with Gasteiger partial charge in [-0.3, -0.25) is 0 Å². The number of fused-ring (bicyclic) bond motifs is 1. The van der Waals surface area contributed by atoms with Gasteiger partial charge in [0, 0.05) is 6.04 Å². The summed E-state index contributed by atoms with van der Waals surface area (Å²) in [5.74, 6) is 0. The van der Waals surface area contributed by atoms with Gasteiger partial charge in [-0.15, -0.1) is 0 Å². The predicted molar refractivity (Wildman–Crippen MR) is 60.4 cm³/mol. The minimum atomic E-state index is 0.388. The lowest BCUT2D eigenvalue weighted by Crippen LogP contribution is -2.27. The first kappa shape index (κ1) is 9.72. The van der Waals surface area contributed by atoms with Gasteiger partial charge in [0.05, 0.1) is 0 Å². The van der Waals surface area contributed by atoms with Crippen molar-refractivity contribution in [1.29, 1.82) is 0 Å². The zero-order valence-corrected chi connectivity index (χ0v) is 8.92. The van der Waals surface area contributed by atoms with Crippen molar-refractivity contribution < 1.29 is 0 Å². The van der Waals surface area contributed by atoms with E-state index in [0.717, 1.165) is 12.8 Å². The summed E-state index contributed by atoms with van der Waals surface area (Å²) < 4.78 is 0. The van der Waals surface area contributed by atoms with E-state index < -0.39 is 0 Å². The molecule has 0 bridgehead atoms. The van der Waals surface area contributed by atoms with Gasteiger partial charge in [-0.1, -0.05) is 31.5 Å². The smallest absolute Gasteiger partial charge is 0.00825 e. The Labute approximate surface area is 86.3 Å². The van der Waals surface area contributed by atoms with Crippen LogP contribution in [0, 0.1) is 0 Å². The Kier molecular flexibility index (Phi) is 2.87. The van der Waals surface area contributed by atoms with Gasteiger partial charge in [0.25, 0.3) is 0 Å². The fourth-order valence-corrected chi connectivity index (χ4v) is 2.28. The van der Waals surface area contributed by atoms with E-state index >= 15 is 0 Å². The summed E-state index contributed by atoms with van der Waals surface area (Å²) >= 11 is 0. The van der Waals surface area contributed by atoms with E-state index in [1.165, 1.54) is 36.0 Å². The van der Waals surface area contributed by atoms with Crippen molar-refractivity contribution in [2.45, 2.75) is 45.1 Å². The number of aryl methyl sites for hydroxylation is 2. The molecule has 1 unspecified atom stereocenters. The zero-order chi connectivity index (χ0) is 9.97. The van der Waals surface area contributed by atoms with E-state index in [9.17, 15) is 0 Å². The maximum Gasteiger partial charge on any atom is 0.00825 e. The van der Waals surface area contributed by atoms with Crippen LogP contribution in [0.3, 0.4) is 0 Å². The fourth-order valence-electron chi connectivity index (χ4n) is 2.28. The molecule has 1 heteroatoms. The van der Waals surface area contributed by atoms with Crippen molar-refractivity contribution in [3.8, 4) is 0 Å². The summed E-state index contributed by atoms with van der Waals surface area (Å²) in [7, 11) is 0. The molecular weight excluding hydrogens is 170 g/mol. The molecule has 1 nitrogen and oxygen atoms in total. The topological polar surface area (TPSA) is 26.0 Å². The van der Waals surface area contributed by atoms with Crippen LogP contribution in [0.5, 0.6) is 0 Å². The molecule has 0 amide bonds. The first-order valence-electron chi connectivity index (χ1n) is 5.66. The van der Waals surface area contributed by atoms with Crippen molar-refractivity contribution in [2.75, 3.05) is 0 Å². The van der Waals surface area contributed by atoms with Crippen LogP contribution in [-0.4, -0.2) is 6.04 Å². The lowest BCUT2D eigenvalue weighted by Gasteiger charge is -2.21. The first-order chi connectivity index (χ1) is 6.79. The Bertz CT molecular complexity index is 317. The first-order valence-corrected chi connectivity index (χ1v) is 5.66. The van der Waals surface area contributed by atoms with Crippen molar-refractivity contribution in [3.05, 3.63) is 34.9 Å². The molecule has 1 atom stereocenters. The number of hydrogen-bond acceptors (Lipinski definition) is 1. The molecule has 2 N–H and O–H groups in total. The third-order valence-corrected chi connectivity index (χ3v) is 3.08. The number of benzene rings is 1. The largest absolute Gasteiger partial charge is 0.327 e. The molecule has 0 saturated heterocycles. The highest BCUT2D eigenvalue weighted by molar-refractivity contribution is 5.34. The van der Waals surface area contributed by atoms with Gasteiger partial charge in [0.15, 0.2) is 0 Å². The lowest BCUT2D eigenvalue weighted by molar-refractivity contribution is 0.576. The Balaban J connectivity index is 2.24. The van der Waals surface area contributed by atoms with Crippen LogP contribution < -0.4 is 5.73 Å². The maximum atomic E-state index is 5.97. The maximum absolute atomic E-state index is 5.97. The molecule has 0 spiro atoms. The van der Waals surface area contributed by atoms with Gasteiger partial charge in [-0.05, 0) is 42.4 Å². The third kappa shape index (κ3) is 1.98. The molecule has 76 valence electrons. The minimum absolute atomic E-state index is 0.388. The summed E-state index contributed by atoms with van der Waals surface area (Å²) in [5.41, 5.74) is 10.5. The number of nitrogens with two attached hydrogens (primary N) is 1. The van der Waals surface area contributed by atoms with Gasteiger partial charge >= 0.3 is 0 Å². The Morgan fingerprint density at radius 1 is 1.36 bits per heavy atom. The Morgan fingerprint density at radius 2 is 2.21 bits per heavy atom. The van der Waals surface area contributed by atoms with E-state index in [4.69, 9.17) is 5.73 Å². The molecule has 0 fully saturated rings. The van der Waals surface area contributed by atoms with Crippen LogP contribution in [0.25, 0.3) is 0 Å². The van der Waals surface area contributed by atoms with Crippen LogP contribution in [0.1, 0.15) is 36.5 Å². The number of hydrogen-bond donors (Lipinski definition) is 1. The van der Waals surface area contributed by atoms with Gasteiger partial charge in [0.2, 0.25) is 0 Å². The molecule has 2 rings (SSSR count). The van der Waals surface area contributed by atoms with Gasteiger partial charge in [0.1, 0.15) is 0 Å². The summed E-state index contributed by atoms with van der Waals surface area (Å²) in [6, 6.07) is 7.32. The Hall–Kier alpha value is -0.820. The standard InChI is InChI=1S/C13H19N/c1-2-3-10-4-5-11-6-7-13(14)9-12(11)8-10/h4-5,8,13H,2-3,6-7,9,14H2,1H3. The molecule has 1 aromatic rings. The highest BCUT2D eigenvalue weighted by Gasteiger charge is 2.14. The molecule has 1 aliphatic rings. The minimum Gasteiger partial charge on any atom is -0.327 e. The highest BCUT2D eigenvalue weighted by Crippen LogP contribution is 2.22. The van der Waals surface area contributed by atoms with Crippen LogP contribution in [0.15, 0.2) is 18.2 Å². The van der Waals surface area contributed by atoms with Crippen LogP contribution in [0.2, 0.25) is 0 Å². The van der Waals surface area contributed by atoms with Crippen LogP contribution in [-0.2, 0) is 19.3 Å². The Morgan fingerprint density at radius 3 is 3.00 bits per heavy atom. The van der Waals surface area contributed by atoms with Crippen molar-refractivity contribution >= 4 is 0 Å². The molecule has 0 aromatic heterocycles. The predicted octanol–water partition coefficient (Wildman–Crippen LogP) is 2.46. The van der Waals surface area contributed by atoms with E-state index in [2.05, 4.69) is 25.1 Å². The average molecular weight is 189 g/mol. The van der Waals surface area contributed by atoms with E-state index in [1.807, 2.05) is 0 Å². The average Bonchev–Trinajstić information content (AvgIpc) is 2.17. The van der Waals surface area contributed by atoms with Gasteiger partial charge < -0.3 is 5.73 Å². The van der Waals surface area contributed by atoms with Gasteiger partial charge in [-0.25, -0.2) is 0 Å². The molecule has 0 aliphatic heterocycles. The summed E-state index contributed by atoms with van der Waals surface area (Å²) in [4.78, 5) is 0. The molecule has 1 aliphatic carbocycles. The zero-order valence-electron chi connectivity index (χ0n) is 8.92. The quantitative estimate of drug-likeness (QED) is 0.760. The van der Waals surface area contributed by atoms with E-state index in [-0.39, 0.29) is 0 Å². The fraction of sp³-hybridized carbons (Fsp3) is 0.538. The molecule has 0 heterocycles. The molecule has 0 saturated carbocycles. The summed E-state index contributed by atoms with van der Waals surface area (Å²) in [5, 5.41) is 0. The molecule has 14 heavy (non-hydrogen) atoms. The third-order valence-electron chi connectivity index (χ3n) is 3.08. The summed E-state index contributed by atoms with van der Waals surface area (Å²) in [6.45, 7) is 2.23. The van der Waals surface area contributed by atoms with Crippen LogP contribution in [0.4, 0.5) is 0 Å². The second-order valence-corrected chi connectivity index (χ2v) is 4.36. The SMILES string of the molecule is CCCc1ccc2c(c1)CC(N)CC2. The second-order valence-electron chi connectivity index (χ2n) is 4.36. The van der Waals surface area contributed by atoms with E-state index in [0.29, 0.717) is 6.04 Å². The van der Waals surface area contributed by atoms with Crippen molar-refractivity contribution in [1.82, 2.24) is 0 Å². The molecule has 1 aromatic carbocycles. The van der Waals surface area contributed by atoms with Gasteiger partial charge in [-0.2, -0.15) is 0 Å².